The fraction of sp³-hybridized carbons (Fsp3) is 0.0476. The van der Waals surface area contributed by atoms with Crippen LogP contribution >= 0.6 is 0 Å². The number of aromatic nitrogens is 1. The summed E-state index contributed by atoms with van der Waals surface area (Å²) in [5.41, 5.74) is 2.01. The van der Waals surface area contributed by atoms with Crippen LogP contribution in [-0.4, -0.2) is 16.1 Å². The number of pyridine rings is 1. The Labute approximate surface area is 143 Å². The molecule has 0 aliphatic carbocycles. The Morgan fingerprint density at radius 3 is 2.48 bits per heavy atom. The minimum absolute atomic E-state index is 0.293. The molecule has 2 heterocycles. The molecule has 120 valence electrons. The van der Waals surface area contributed by atoms with Crippen LogP contribution in [0.2, 0.25) is 0 Å². The van der Waals surface area contributed by atoms with E-state index < -0.39 is 11.8 Å². The van der Waals surface area contributed by atoms with Crippen molar-refractivity contribution in [1.29, 1.82) is 0 Å². The Morgan fingerprint density at radius 1 is 0.840 bits per heavy atom. The van der Waals surface area contributed by atoms with Gasteiger partial charge in [0.05, 0.1) is 11.1 Å². The molecule has 5 rings (SSSR count). The molecule has 1 atom stereocenters. The van der Waals surface area contributed by atoms with Crippen LogP contribution in [0.3, 0.4) is 0 Å². The van der Waals surface area contributed by atoms with Gasteiger partial charge in [-0.1, -0.05) is 54.6 Å². The summed E-state index contributed by atoms with van der Waals surface area (Å²) in [5.74, 6) is -2.46. The van der Waals surface area contributed by atoms with Gasteiger partial charge in [0, 0.05) is 16.3 Å². The first-order valence-electron chi connectivity index (χ1n) is 8.01. The normalized spacial score (nSPS) is 19.2. The van der Waals surface area contributed by atoms with Gasteiger partial charge < -0.3 is 9.84 Å². The lowest BCUT2D eigenvalue weighted by Gasteiger charge is -2.33. The van der Waals surface area contributed by atoms with Gasteiger partial charge in [-0.2, -0.15) is 0 Å². The van der Waals surface area contributed by atoms with Crippen molar-refractivity contribution in [3.05, 3.63) is 89.6 Å². The van der Waals surface area contributed by atoms with Crippen molar-refractivity contribution in [1.82, 2.24) is 4.98 Å². The van der Waals surface area contributed by atoms with Gasteiger partial charge in [0.15, 0.2) is 0 Å². The number of rotatable bonds is 1. The summed E-state index contributed by atoms with van der Waals surface area (Å²) in [5, 5.41) is 13.9. The molecule has 1 N–H and O–H groups in total. The average molecular weight is 327 g/mol. The summed E-state index contributed by atoms with van der Waals surface area (Å²) in [6.45, 7) is 0. The van der Waals surface area contributed by atoms with E-state index >= 15 is 0 Å². The summed E-state index contributed by atoms with van der Waals surface area (Å²) >= 11 is 0. The average Bonchev–Trinajstić information content (AvgIpc) is 2.65. The first-order chi connectivity index (χ1) is 12.2. The van der Waals surface area contributed by atoms with E-state index in [4.69, 9.17) is 4.74 Å². The van der Waals surface area contributed by atoms with Crippen LogP contribution in [0.1, 0.15) is 21.6 Å². The maximum Gasteiger partial charge on any atom is 0.341 e. The molecule has 1 aromatic heterocycles. The maximum absolute atomic E-state index is 12.5. The highest BCUT2D eigenvalue weighted by Gasteiger charge is 2.43. The lowest BCUT2D eigenvalue weighted by atomic mass is 9.89. The summed E-state index contributed by atoms with van der Waals surface area (Å²) in [6.07, 6.45) is 0. The Hall–Kier alpha value is -3.24. The number of esters is 1. The number of aliphatic hydroxyl groups is 1. The zero-order chi connectivity index (χ0) is 17.0. The molecule has 4 nitrogen and oxygen atoms in total. The Balaban J connectivity index is 1.83. The number of nitrogens with zero attached hydrogens (tertiary/aromatic N) is 1. The fourth-order valence-electron chi connectivity index (χ4n) is 3.48. The second-order valence-electron chi connectivity index (χ2n) is 6.13. The predicted octanol–water partition coefficient (Wildman–Crippen LogP) is 3.75. The van der Waals surface area contributed by atoms with Crippen LogP contribution in [-0.2, 0) is 10.5 Å². The second kappa shape index (κ2) is 4.88. The van der Waals surface area contributed by atoms with E-state index in [0.717, 1.165) is 16.3 Å². The largest absolute Gasteiger partial charge is 0.419 e. The van der Waals surface area contributed by atoms with E-state index in [2.05, 4.69) is 4.98 Å². The molecule has 1 aliphatic rings. The van der Waals surface area contributed by atoms with E-state index in [1.807, 2.05) is 48.5 Å². The molecule has 3 aromatic carbocycles. The standard InChI is InChI=1S/C21H13NO3/c23-20-15-8-3-6-14-7-4-9-16(19(14)15)21(24,25-20)18-12-11-13-5-1-2-10-17(13)22-18/h1-12,24H. The molecule has 25 heavy (non-hydrogen) atoms. The molecule has 4 heteroatoms. The third kappa shape index (κ3) is 1.92. The highest BCUT2D eigenvalue weighted by Crippen LogP contribution is 2.41. The molecule has 0 amide bonds. The number of hydrogen-bond donors (Lipinski definition) is 1. The Morgan fingerprint density at radius 2 is 1.60 bits per heavy atom. The van der Waals surface area contributed by atoms with Gasteiger partial charge in [0.2, 0.25) is 0 Å². The van der Waals surface area contributed by atoms with Gasteiger partial charge in [-0.05, 0) is 23.6 Å². The van der Waals surface area contributed by atoms with Crippen LogP contribution in [0, 0.1) is 0 Å². The van der Waals surface area contributed by atoms with Crippen molar-refractivity contribution >= 4 is 27.6 Å². The molecule has 0 saturated carbocycles. The van der Waals surface area contributed by atoms with Crippen molar-refractivity contribution < 1.29 is 14.6 Å². The molecular weight excluding hydrogens is 314 g/mol. The topological polar surface area (TPSA) is 59.4 Å². The van der Waals surface area contributed by atoms with Gasteiger partial charge >= 0.3 is 5.97 Å². The van der Waals surface area contributed by atoms with Gasteiger partial charge in [-0.3, -0.25) is 0 Å². The lowest BCUT2D eigenvalue weighted by Crippen LogP contribution is -2.38. The van der Waals surface area contributed by atoms with Crippen LogP contribution in [0.15, 0.2) is 72.8 Å². The third-order valence-corrected chi connectivity index (χ3v) is 4.68. The van der Waals surface area contributed by atoms with Crippen molar-refractivity contribution in [2.24, 2.45) is 0 Å². The van der Waals surface area contributed by atoms with Crippen LogP contribution in [0.4, 0.5) is 0 Å². The molecule has 0 spiro atoms. The number of hydrogen-bond acceptors (Lipinski definition) is 4. The Bertz CT molecular complexity index is 1160. The number of para-hydroxylation sites is 1. The van der Waals surface area contributed by atoms with E-state index in [0.29, 0.717) is 22.2 Å². The van der Waals surface area contributed by atoms with E-state index in [-0.39, 0.29) is 0 Å². The lowest BCUT2D eigenvalue weighted by molar-refractivity contribution is -0.144. The first kappa shape index (κ1) is 14.1. The summed E-state index contributed by atoms with van der Waals surface area (Å²) in [4.78, 5) is 17.1. The molecule has 0 bridgehead atoms. The number of benzene rings is 3. The minimum atomic E-state index is -1.91. The van der Waals surface area contributed by atoms with Gasteiger partial charge in [-0.15, -0.1) is 0 Å². The number of cyclic esters (lactones) is 1. The fourth-order valence-corrected chi connectivity index (χ4v) is 3.48. The molecule has 0 fully saturated rings. The molecular formula is C21H13NO3. The summed E-state index contributed by atoms with van der Waals surface area (Å²) in [6, 6.07) is 22.1. The molecule has 0 radical (unpaired) electrons. The van der Waals surface area contributed by atoms with Crippen LogP contribution < -0.4 is 0 Å². The monoisotopic (exact) mass is 327 g/mol. The molecule has 4 aromatic rings. The molecule has 1 unspecified atom stereocenters. The highest BCUT2D eigenvalue weighted by molar-refractivity contribution is 6.08. The summed E-state index contributed by atoms with van der Waals surface area (Å²) < 4.78 is 5.48. The number of fused-ring (bicyclic) bond motifs is 1. The first-order valence-corrected chi connectivity index (χ1v) is 8.01. The SMILES string of the molecule is O=C1OC(O)(c2ccc3ccccc3n2)c2cccc3cccc1c23. The number of ether oxygens (including phenoxy) is 1. The van der Waals surface area contributed by atoms with Gasteiger partial charge in [0.1, 0.15) is 5.69 Å². The van der Waals surface area contributed by atoms with Crippen molar-refractivity contribution in [3.63, 3.8) is 0 Å². The van der Waals surface area contributed by atoms with Crippen LogP contribution in [0.25, 0.3) is 21.7 Å². The molecule has 1 aliphatic heterocycles. The predicted molar refractivity (Wildman–Crippen MR) is 94.1 cm³/mol. The molecule has 0 saturated heterocycles. The van der Waals surface area contributed by atoms with E-state index in [9.17, 15) is 9.90 Å². The van der Waals surface area contributed by atoms with Crippen molar-refractivity contribution in [3.8, 4) is 0 Å². The zero-order valence-corrected chi connectivity index (χ0v) is 13.1. The summed E-state index contributed by atoms with van der Waals surface area (Å²) in [7, 11) is 0. The third-order valence-electron chi connectivity index (χ3n) is 4.68. The number of carbonyl (C=O) groups excluding carboxylic acids is 1. The smallest absolute Gasteiger partial charge is 0.341 e. The van der Waals surface area contributed by atoms with E-state index in [1.165, 1.54) is 0 Å². The quantitative estimate of drug-likeness (QED) is 0.541. The Kier molecular flexibility index (Phi) is 2.76. The van der Waals surface area contributed by atoms with Crippen LogP contribution in [0.5, 0.6) is 0 Å². The second-order valence-corrected chi connectivity index (χ2v) is 6.13. The van der Waals surface area contributed by atoms with Crippen molar-refractivity contribution in [2.45, 2.75) is 5.79 Å². The maximum atomic E-state index is 12.5. The number of carbonyl (C=O) groups is 1. The zero-order valence-electron chi connectivity index (χ0n) is 13.1. The van der Waals surface area contributed by atoms with Crippen molar-refractivity contribution in [2.75, 3.05) is 0 Å². The van der Waals surface area contributed by atoms with Gasteiger partial charge in [-0.25, -0.2) is 9.78 Å². The highest BCUT2D eigenvalue weighted by atomic mass is 16.7. The van der Waals surface area contributed by atoms with E-state index in [1.54, 1.807) is 24.3 Å². The van der Waals surface area contributed by atoms with Gasteiger partial charge in [0.25, 0.3) is 5.79 Å². The minimum Gasteiger partial charge on any atom is -0.419 e.